The molecule has 0 aromatic carbocycles. The highest BCUT2D eigenvalue weighted by Gasteiger charge is 2.57. The lowest BCUT2D eigenvalue weighted by Gasteiger charge is -2.31. The summed E-state index contributed by atoms with van der Waals surface area (Å²) in [7, 11) is 0. The van der Waals surface area contributed by atoms with E-state index in [-0.39, 0.29) is 6.10 Å². The largest absolute Gasteiger partial charge is 0.387 e. The molecule has 2 bridgehead atoms. The summed E-state index contributed by atoms with van der Waals surface area (Å²) in [6.07, 6.45) is -0.486. The Bertz CT molecular complexity index is 159. The third-order valence-electron chi connectivity index (χ3n) is 2.87. The molecule has 2 saturated heterocycles. The molecular formula is C8H14O3. The van der Waals surface area contributed by atoms with E-state index in [1.165, 1.54) is 0 Å². The molecule has 64 valence electrons. The maximum absolute atomic E-state index is 9.70. The second-order valence-electron chi connectivity index (χ2n) is 3.71. The standard InChI is InChI=1S/C8H14O3/c1-5(2)8-4-10-6(3-11-8)7(8)9/h5-7,9H,3-4H2,1-2H3/t6-,7-,8+/m0/s1. The molecule has 0 radical (unpaired) electrons. The van der Waals surface area contributed by atoms with Gasteiger partial charge in [-0.1, -0.05) is 13.8 Å². The average Bonchev–Trinajstić information content (AvgIpc) is 2.46. The number of ether oxygens (including phenoxy) is 2. The fourth-order valence-electron chi connectivity index (χ4n) is 1.91. The Labute approximate surface area is 66.3 Å². The van der Waals surface area contributed by atoms with Crippen molar-refractivity contribution in [3.8, 4) is 0 Å². The molecule has 0 saturated carbocycles. The zero-order chi connectivity index (χ0) is 8.06. The number of aliphatic hydroxyl groups is 1. The molecule has 3 heteroatoms. The molecule has 3 nitrogen and oxygen atoms in total. The molecule has 0 spiro atoms. The van der Waals surface area contributed by atoms with E-state index in [1.54, 1.807) is 0 Å². The molecule has 2 aliphatic heterocycles. The van der Waals surface area contributed by atoms with E-state index in [2.05, 4.69) is 13.8 Å². The van der Waals surface area contributed by atoms with Gasteiger partial charge in [-0.3, -0.25) is 0 Å². The molecule has 0 unspecified atom stereocenters. The Hall–Kier alpha value is -0.120. The molecule has 2 rings (SSSR count). The first-order valence-electron chi connectivity index (χ1n) is 4.10. The fraction of sp³-hybridized carbons (Fsp3) is 1.00. The third-order valence-corrected chi connectivity index (χ3v) is 2.87. The van der Waals surface area contributed by atoms with Crippen molar-refractivity contribution in [1.29, 1.82) is 0 Å². The molecule has 0 aliphatic carbocycles. The molecule has 0 aromatic rings. The second kappa shape index (κ2) is 2.19. The molecule has 2 aliphatic rings. The van der Waals surface area contributed by atoms with Crippen LogP contribution in [0.5, 0.6) is 0 Å². The van der Waals surface area contributed by atoms with E-state index >= 15 is 0 Å². The van der Waals surface area contributed by atoms with E-state index < -0.39 is 11.7 Å². The normalized spacial score (nSPS) is 49.1. The van der Waals surface area contributed by atoms with Crippen LogP contribution in [0.15, 0.2) is 0 Å². The Kier molecular flexibility index (Phi) is 1.50. The van der Waals surface area contributed by atoms with Crippen LogP contribution in [0.25, 0.3) is 0 Å². The van der Waals surface area contributed by atoms with Gasteiger partial charge in [-0.05, 0) is 5.92 Å². The summed E-state index contributed by atoms with van der Waals surface area (Å²) in [6, 6.07) is 0. The molecule has 0 aromatic heterocycles. The lowest BCUT2D eigenvalue weighted by Crippen LogP contribution is -2.45. The summed E-state index contributed by atoms with van der Waals surface area (Å²) in [5.74, 6) is 0.324. The molecule has 2 heterocycles. The first kappa shape index (κ1) is 7.53. The van der Waals surface area contributed by atoms with Crippen LogP contribution in [0.4, 0.5) is 0 Å². The summed E-state index contributed by atoms with van der Waals surface area (Å²) in [6.45, 7) is 5.22. The molecule has 2 fully saturated rings. The highest BCUT2D eigenvalue weighted by Crippen LogP contribution is 2.40. The molecule has 11 heavy (non-hydrogen) atoms. The van der Waals surface area contributed by atoms with Crippen LogP contribution in [0.3, 0.4) is 0 Å². The number of hydrogen-bond acceptors (Lipinski definition) is 3. The lowest BCUT2D eigenvalue weighted by molar-refractivity contribution is -0.124. The predicted molar refractivity (Wildman–Crippen MR) is 39.3 cm³/mol. The van der Waals surface area contributed by atoms with Gasteiger partial charge in [0.15, 0.2) is 0 Å². The summed E-state index contributed by atoms with van der Waals surface area (Å²) in [4.78, 5) is 0. The van der Waals surface area contributed by atoms with E-state index in [9.17, 15) is 5.11 Å². The molecule has 1 N–H and O–H groups in total. The number of aliphatic hydroxyl groups excluding tert-OH is 1. The lowest BCUT2D eigenvalue weighted by atomic mass is 9.87. The molecular weight excluding hydrogens is 144 g/mol. The fourth-order valence-corrected chi connectivity index (χ4v) is 1.91. The zero-order valence-corrected chi connectivity index (χ0v) is 6.91. The average molecular weight is 158 g/mol. The maximum atomic E-state index is 9.70. The minimum atomic E-state index is -0.414. The molecule has 0 amide bonds. The van der Waals surface area contributed by atoms with Crippen LogP contribution >= 0.6 is 0 Å². The SMILES string of the molecule is CC(C)[C@@]12CO[C@@H](CO1)[C@@H]2O. The summed E-state index contributed by atoms with van der Waals surface area (Å²) < 4.78 is 10.9. The van der Waals surface area contributed by atoms with Gasteiger partial charge in [0, 0.05) is 0 Å². The monoisotopic (exact) mass is 158 g/mol. The van der Waals surface area contributed by atoms with Crippen LogP contribution in [-0.2, 0) is 9.47 Å². The van der Waals surface area contributed by atoms with Crippen LogP contribution in [0.2, 0.25) is 0 Å². The zero-order valence-electron chi connectivity index (χ0n) is 6.91. The smallest absolute Gasteiger partial charge is 0.122 e. The van der Waals surface area contributed by atoms with Crippen LogP contribution in [0, 0.1) is 5.92 Å². The third kappa shape index (κ3) is 0.789. The van der Waals surface area contributed by atoms with Gasteiger partial charge in [0.05, 0.1) is 13.2 Å². The van der Waals surface area contributed by atoms with Gasteiger partial charge in [-0.25, -0.2) is 0 Å². The van der Waals surface area contributed by atoms with E-state index in [0.717, 1.165) is 0 Å². The molecule has 3 atom stereocenters. The van der Waals surface area contributed by atoms with Crippen molar-refractivity contribution in [2.75, 3.05) is 13.2 Å². The van der Waals surface area contributed by atoms with E-state index in [4.69, 9.17) is 9.47 Å². The highest BCUT2D eigenvalue weighted by atomic mass is 16.6. The first-order chi connectivity index (χ1) is 5.17. The van der Waals surface area contributed by atoms with Gasteiger partial charge in [0.25, 0.3) is 0 Å². The Morgan fingerprint density at radius 1 is 1.55 bits per heavy atom. The van der Waals surface area contributed by atoms with Crippen LogP contribution in [0.1, 0.15) is 13.8 Å². The Balaban J connectivity index is 2.24. The van der Waals surface area contributed by atoms with Crippen molar-refractivity contribution in [3.05, 3.63) is 0 Å². The van der Waals surface area contributed by atoms with Gasteiger partial charge >= 0.3 is 0 Å². The van der Waals surface area contributed by atoms with Crippen molar-refractivity contribution in [3.63, 3.8) is 0 Å². The number of fused-ring (bicyclic) bond motifs is 2. The summed E-state index contributed by atoms with van der Waals surface area (Å²) >= 11 is 0. The van der Waals surface area contributed by atoms with Gasteiger partial charge in [0.1, 0.15) is 17.8 Å². The first-order valence-corrected chi connectivity index (χ1v) is 4.10. The van der Waals surface area contributed by atoms with Crippen molar-refractivity contribution >= 4 is 0 Å². The van der Waals surface area contributed by atoms with Crippen LogP contribution < -0.4 is 0 Å². The minimum absolute atomic E-state index is 0.0719. The van der Waals surface area contributed by atoms with Gasteiger partial charge in [-0.2, -0.15) is 0 Å². The highest BCUT2D eigenvalue weighted by molar-refractivity contribution is 5.05. The van der Waals surface area contributed by atoms with E-state index in [1.807, 2.05) is 0 Å². The minimum Gasteiger partial charge on any atom is -0.387 e. The summed E-state index contributed by atoms with van der Waals surface area (Å²) in [5.41, 5.74) is -0.398. The van der Waals surface area contributed by atoms with Crippen molar-refractivity contribution in [2.45, 2.75) is 31.7 Å². The van der Waals surface area contributed by atoms with Crippen molar-refractivity contribution < 1.29 is 14.6 Å². The van der Waals surface area contributed by atoms with Crippen LogP contribution in [-0.4, -0.2) is 36.1 Å². The Morgan fingerprint density at radius 3 is 2.45 bits per heavy atom. The quantitative estimate of drug-likeness (QED) is 0.591. The predicted octanol–water partition coefficient (Wildman–Crippen LogP) is 0.171. The van der Waals surface area contributed by atoms with Gasteiger partial charge < -0.3 is 14.6 Å². The van der Waals surface area contributed by atoms with Gasteiger partial charge in [-0.15, -0.1) is 0 Å². The number of hydrogen-bond donors (Lipinski definition) is 1. The van der Waals surface area contributed by atoms with Crippen molar-refractivity contribution in [2.24, 2.45) is 5.92 Å². The summed E-state index contributed by atoms with van der Waals surface area (Å²) in [5, 5.41) is 9.70. The Morgan fingerprint density at radius 2 is 2.27 bits per heavy atom. The second-order valence-corrected chi connectivity index (χ2v) is 3.71. The number of rotatable bonds is 1. The van der Waals surface area contributed by atoms with Gasteiger partial charge in [0.2, 0.25) is 0 Å². The van der Waals surface area contributed by atoms with Crippen molar-refractivity contribution in [1.82, 2.24) is 0 Å². The van der Waals surface area contributed by atoms with E-state index in [0.29, 0.717) is 19.1 Å². The topological polar surface area (TPSA) is 38.7 Å². The maximum Gasteiger partial charge on any atom is 0.122 e.